The Hall–Kier alpha value is -3.30. The summed E-state index contributed by atoms with van der Waals surface area (Å²) in [5.74, 6) is -1.75. The van der Waals surface area contributed by atoms with Crippen LogP contribution in [0.15, 0.2) is 42.6 Å². The van der Waals surface area contributed by atoms with E-state index in [0.29, 0.717) is 5.69 Å². The molecule has 0 saturated heterocycles. The van der Waals surface area contributed by atoms with Crippen LogP contribution in [0.25, 0.3) is 0 Å². The van der Waals surface area contributed by atoms with Crippen molar-refractivity contribution in [2.75, 3.05) is 18.5 Å². The molecule has 7 nitrogen and oxygen atoms in total. The molecule has 0 atom stereocenters. The number of aromatic nitrogens is 1. The minimum Gasteiger partial charge on any atom is -0.508 e. The number of phenolic OH excluding ortho intramolecular Hbond substituents is 1. The second-order valence-corrected chi connectivity index (χ2v) is 4.96. The number of alkyl halides is 3. The first kappa shape index (κ1) is 19.0. The van der Waals surface area contributed by atoms with E-state index in [9.17, 15) is 22.8 Å². The number of halogens is 3. The van der Waals surface area contributed by atoms with Crippen molar-refractivity contribution in [1.82, 2.24) is 4.98 Å². The lowest BCUT2D eigenvalue weighted by Gasteiger charge is -2.09. The minimum atomic E-state index is -4.50. The Morgan fingerprint density at radius 2 is 1.81 bits per heavy atom. The molecule has 2 aromatic rings. The first-order valence-corrected chi connectivity index (χ1v) is 7.14. The highest BCUT2D eigenvalue weighted by molar-refractivity contribution is 5.95. The molecular formula is C16H13F3N2O5. The maximum Gasteiger partial charge on any atom is 0.422 e. The number of carbonyl (C=O) groups is 2. The summed E-state index contributed by atoms with van der Waals surface area (Å²) in [4.78, 5) is 27.0. The van der Waals surface area contributed by atoms with E-state index in [1.54, 1.807) is 0 Å². The summed E-state index contributed by atoms with van der Waals surface area (Å²) < 4.78 is 45.3. The van der Waals surface area contributed by atoms with Gasteiger partial charge in [-0.15, -0.1) is 0 Å². The Bertz CT molecular complexity index is 761. The van der Waals surface area contributed by atoms with E-state index in [-0.39, 0.29) is 17.2 Å². The second-order valence-electron chi connectivity index (χ2n) is 4.96. The minimum absolute atomic E-state index is 0.0320. The zero-order chi connectivity index (χ0) is 19.2. The summed E-state index contributed by atoms with van der Waals surface area (Å²) in [6, 6.07) is 7.90. The third-order valence-electron chi connectivity index (χ3n) is 2.84. The van der Waals surface area contributed by atoms with E-state index >= 15 is 0 Å². The maximum atomic E-state index is 12.0. The number of anilines is 1. The van der Waals surface area contributed by atoms with Gasteiger partial charge in [0.25, 0.3) is 5.91 Å². The average Bonchev–Trinajstić information content (AvgIpc) is 2.60. The predicted molar refractivity (Wildman–Crippen MR) is 82.8 cm³/mol. The van der Waals surface area contributed by atoms with E-state index in [1.807, 2.05) is 0 Å². The fourth-order valence-electron chi connectivity index (χ4n) is 1.70. The normalized spacial score (nSPS) is 10.9. The third-order valence-corrected chi connectivity index (χ3v) is 2.84. The summed E-state index contributed by atoms with van der Waals surface area (Å²) in [5, 5.41) is 11.6. The standard InChI is InChI=1S/C16H13F3N2O5/c17-16(18,19)9-26-14-6-1-10(7-20-14)15(24)25-8-13(23)21-11-2-4-12(22)5-3-11/h1-7,22H,8-9H2,(H,21,23). The molecule has 0 saturated carbocycles. The van der Waals surface area contributed by atoms with Gasteiger partial charge in [-0.1, -0.05) is 0 Å². The number of phenols is 1. The van der Waals surface area contributed by atoms with Crippen LogP contribution < -0.4 is 10.1 Å². The molecule has 1 amide bonds. The third kappa shape index (κ3) is 6.30. The van der Waals surface area contributed by atoms with Crippen molar-refractivity contribution in [1.29, 1.82) is 0 Å². The summed E-state index contributed by atoms with van der Waals surface area (Å²) in [7, 11) is 0. The quantitative estimate of drug-likeness (QED) is 0.599. The van der Waals surface area contributed by atoms with Gasteiger partial charge in [0.2, 0.25) is 5.88 Å². The number of hydrogen-bond acceptors (Lipinski definition) is 6. The Morgan fingerprint density at radius 1 is 1.12 bits per heavy atom. The number of benzene rings is 1. The highest BCUT2D eigenvalue weighted by Gasteiger charge is 2.28. The molecule has 0 aliphatic carbocycles. The Balaban J connectivity index is 1.81. The molecule has 26 heavy (non-hydrogen) atoms. The highest BCUT2D eigenvalue weighted by Crippen LogP contribution is 2.17. The van der Waals surface area contributed by atoms with Crippen molar-refractivity contribution in [2.45, 2.75) is 6.18 Å². The number of ether oxygens (including phenoxy) is 2. The Morgan fingerprint density at radius 3 is 2.38 bits per heavy atom. The van der Waals surface area contributed by atoms with E-state index in [4.69, 9.17) is 9.84 Å². The molecule has 0 unspecified atom stereocenters. The van der Waals surface area contributed by atoms with Gasteiger partial charge in [-0.2, -0.15) is 13.2 Å². The summed E-state index contributed by atoms with van der Waals surface area (Å²) in [6.07, 6.45) is -3.52. The summed E-state index contributed by atoms with van der Waals surface area (Å²) in [5.41, 5.74) is 0.346. The van der Waals surface area contributed by atoms with Crippen LogP contribution in [-0.4, -0.2) is 41.4 Å². The van der Waals surface area contributed by atoms with Gasteiger partial charge in [0.15, 0.2) is 13.2 Å². The Labute approximate surface area is 145 Å². The van der Waals surface area contributed by atoms with E-state index in [2.05, 4.69) is 15.0 Å². The van der Waals surface area contributed by atoms with E-state index in [1.165, 1.54) is 30.3 Å². The lowest BCUT2D eigenvalue weighted by Crippen LogP contribution is -2.21. The first-order chi connectivity index (χ1) is 12.2. The molecular weight excluding hydrogens is 357 g/mol. The number of esters is 1. The molecule has 0 aliphatic heterocycles. The summed E-state index contributed by atoms with van der Waals surface area (Å²) >= 11 is 0. The molecule has 0 bridgehead atoms. The van der Waals surface area contributed by atoms with Gasteiger partial charge in [-0.05, 0) is 30.3 Å². The molecule has 2 rings (SSSR count). The van der Waals surface area contributed by atoms with Crippen molar-refractivity contribution in [3.63, 3.8) is 0 Å². The largest absolute Gasteiger partial charge is 0.508 e. The topological polar surface area (TPSA) is 97.8 Å². The first-order valence-electron chi connectivity index (χ1n) is 7.14. The van der Waals surface area contributed by atoms with Crippen LogP contribution in [0.5, 0.6) is 11.6 Å². The van der Waals surface area contributed by atoms with E-state index in [0.717, 1.165) is 12.3 Å². The van der Waals surface area contributed by atoms with Gasteiger partial charge in [0.05, 0.1) is 5.56 Å². The van der Waals surface area contributed by atoms with Crippen molar-refractivity contribution < 1.29 is 37.3 Å². The number of nitrogens with zero attached hydrogens (tertiary/aromatic N) is 1. The molecule has 0 spiro atoms. The molecule has 10 heteroatoms. The molecule has 0 fully saturated rings. The fourth-order valence-corrected chi connectivity index (χ4v) is 1.70. The second kappa shape index (κ2) is 8.19. The number of carbonyl (C=O) groups excluding carboxylic acids is 2. The van der Waals surface area contributed by atoms with E-state index < -0.39 is 31.3 Å². The van der Waals surface area contributed by atoms with Crippen molar-refractivity contribution in [3.8, 4) is 11.6 Å². The maximum absolute atomic E-state index is 12.0. The number of rotatable bonds is 6. The number of pyridine rings is 1. The monoisotopic (exact) mass is 370 g/mol. The van der Waals surface area contributed by atoms with Crippen LogP contribution in [0, 0.1) is 0 Å². The van der Waals surface area contributed by atoms with Crippen LogP contribution in [0.3, 0.4) is 0 Å². The molecule has 1 aromatic heterocycles. The van der Waals surface area contributed by atoms with Crippen LogP contribution in [-0.2, 0) is 9.53 Å². The lowest BCUT2D eigenvalue weighted by molar-refractivity contribution is -0.154. The number of amides is 1. The number of hydrogen-bond donors (Lipinski definition) is 2. The average molecular weight is 370 g/mol. The lowest BCUT2D eigenvalue weighted by atomic mass is 10.3. The highest BCUT2D eigenvalue weighted by atomic mass is 19.4. The van der Waals surface area contributed by atoms with Gasteiger partial charge < -0.3 is 19.9 Å². The molecule has 0 radical (unpaired) electrons. The van der Waals surface area contributed by atoms with Crippen molar-refractivity contribution in [2.24, 2.45) is 0 Å². The number of nitrogens with one attached hydrogen (secondary N) is 1. The smallest absolute Gasteiger partial charge is 0.422 e. The van der Waals surface area contributed by atoms with Gasteiger partial charge in [0, 0.05) is 18.0 Å². The molecule has 2 N–H and O–H groups in total. The van der Waals surface area contributed by atoms with Crippen molar-refractivity contribution >= 4 is 17.6 Å². The SMILES string of the molecule is O=C(COC(=O)c1ccc(OCC(F)(F)F)nc1)Nc1ccc(O)cc1. The van der Waals surface area contributed by atoms with Crippen LogP contribution in [0.2, 0.25) is 0 Å². The van der Waals surface area contributed by atoms with Gasteiger partial charge in [-0.3, -0.25) is 4.79 Å². The van der Waals surface area contributed by atoms with Crippen LogP contribution in [0.4, 0.5) is 18.9 Å². The molecule has 1 heterocycles. The fraction of sp³-hybridized carbons (Fsp3) is 0.188. The summed E-state index contributed by atoms with van der Waals surface area (Å²) in [6.45, 7) is -2.08. The van der Waals surface area contributed by atoms with Crippen LogP contribution in [0.1, 0.15) is 10.4 Å². The predicted octanol–water partition coefficient (Wildman–Crippen LogP) is 2.52. The zero-order valence-corrected chi connectivity index (χ0v) is 13.1. The van der Waals surface area contributed by atoms with Crippen molar-refractivity contribution in [3.05, 3.63) is 48.2 Å². The van der Waals surface area contributed by atoms with Crippen LogP contribution >= 0.6 is 0 Å². The van der Waals surface area contributed by atoms with Gasteiger partial charge in [0.1, 0.15) is 5.75 Å². The van der Waals surface area contributed by atoms with Gasteiger partial charge >= 0.3 is 12.1 Å². The number of aromatic hydroxyl groups is 1. The molecule has 0 aliphatic rings. The van der Waals surface area contributed by atoms with Gasteiger partial charge in [-0.25, -0.2) is 9.78 Å². The zero-order valence-electron chi connectivity index (χ0n) is 13.1. The molecule has 138 valence electrons. The Kier molecular flexibility index (Phi) is 5.99. The molecule has 1 aromatic carbocycles.